The Morgan fingerprint density at radius 2 is 2.29 bits per heavy atom. The third-order valence-electron chi connectivity index (χ3n) is 2.96. The average Bonchev–Trinajstić information content (AvgIpc) is 2.52. The lowest BCUT2D eigenvalue weighted by Crippen LogP contribution is -2.35. The van der Waals surface area contributed by atoms with E-state index in [9.17, 15) is 4.79 Å². The van der Waals surface area contributed by atoms with Crippen molar-refractivity contribution in [3.63, 3.8) is 0 Å². The molecule has 0 spiro atoms. The average molecular weight is 317 g/mol. The first-order valence-electron chi connectivity index (χ1n) is 5.10. The molecule has 1 atom stereocenters. The number of guanidine groups is 1. The summed E-state index contributed by atoms with van der Waals surface area (Å²) in [6.45, 7) is 2.62. The van der Waals surface area contributed by atoms with Gasteiger partial charge in [0, 0.05) is 11.0 Å². The number of fused-ring (bicyclic) bond motifs is 2. The van der Waals surface area contributed by atoms with Gasteiger partial charge in [0.2, 0.25) is 11.9 Å². The number of carbonyl (C=O) groups excluding carboxylic acids is 1. The SMILES string of the molecule is C[C@@H]1C(=O)NC2=Nc3ccc(Br)cc3CN21.Cl. The highest BCUT2D eigenvalue weighted by Crippen LogP contribution is 2.30. The van der Waals surface area contributed by atoms with Crippen molar-refractivity contribution in [1.82, 2.24) is 10.2 Å². The summed E-state index contributed by atoms with van der Waals surface area (Å²) in [5.74, 6) is 0.693. The molecule has 2 aliphatic rings. The number of nitrogens with one attached hydrogen (secondary N) is 1. The first kappa shape index (κ1) is 12.4. The van der Waals surface area contributed by atoms with Gasteiger partial charge in [-0.05, 0) is 30.7 Å². The summed E-state index contributed by atoms with van der Waals surface area (Å²) < 4.78 is 1.04. The molecule has 17 heavy (non-hydrogen) atoms. The van der Waals surface area contributed by atoms with Crippen LogP contribution in [0.15, 0.2) is 27.7 Å². The van der Waals surface area contributed by atoms with Gasteiger partial charge in [-0.2, -0.15) is 0 Å². The van der Waals surface area contributed by atoms with Gasteiger partial charge in [0.25, 0.3) is 0 Å². The van der Waals surface area contributed by atoms with Gasteiger partial charge < -0.3 is 4.90 Å². The molecule has 0 saturated carbocycles. The molecule has 1 aromatic rings. The summed E-state index contributed by atoms with van der Waals surface area (Å²) in [7, 11) is 0. The van der Waals surface area contributed by atoms with Gasteiger partial charge in [-0.25, -0.2) is 4.99 Å². The van der Waals surface area contributed by atoms with Gasteiger partial charge in [-0.1, -0.05) is 15.9 Å². The molecule has 0 aromatic heterocycles. The van der Waals surface area contributed by atoms with E-state index in [4.69, 9.17) is 0 Å². The Kier molecular flexibility index (Phi) is 3.14. The monoisotopic (exact) mass is 315 g/mol. The second-order valence-electron chi connectivity index (χ2n) is 4.00. The molecule has 3 rings (SSSR count). The summed E-state index contributed by atoms with van der Waals surface area (Å²) in [6, 6.07) is 5.83. The molecule has 0 aliphatic carbocycles. The fourth-order valence-corrected chi connectivity index (χ4v) is 2.41. The van der Waals surface area contributed by atoms with E-state index in [2.05, 4.69) is 26.2 Å². The molecule has 6 heteroatoms. The number of hydrogen-bond acceptors (Lipinski definition) is 3. The number of aliphatic imine (C=N–C) groups is 1. The molecule has 4 nitrogen and oxygen atoms in total. The molecule has 0 radical (unpaired) electrons. The van der Waals surface area contributed by atoms with Crippen molar-refractivity contribution in [2.75, 3.05) is 0 Å². The highest BCUT2D eigenvalue weighted by Gasteiger charge is 2.35. The molecule has 2 heterocycles. The maximum absolute atomic E-state index is 11.5. The quantitative estimate of drug-likeness (QED) is 0.797. The molecular weight excluding hydrogens is 305 g/mol. The normalized spacial score (nSPS) is 21.1. The minimum absolute atomic E-state index is 0. The van der Waals surface area contributed by atoms with Crippen LogP contribution < -0.4 is 5.32 Å². The van der Waals surface area contributed by atoms with Gasteiger partial charge in [-0.15, -0.1) is 12.4 Å². The van der Waals surface area contributed by atoms with Crippen molar-refractivity contribution in [3.05, 3.63) is 28.2 Å². The minimum Gasteiger partial charge on any atom is -0.326 e. The number of hydrogen-bond donors (Lipinski definition) is 1. The summed E-state index contributed by atoms with van der Waals surface area (Å²) >= 11 is 3.44. The molecule has 1 N–H and O–H groups in total. The van der Waals surface area contributed by atoms with E-state index in [0.717, 1.165) is 22.3 Å². The zero-order valence-corrected chi connectivity index (χ0v) is 11.5. The van der Waals surface area contributed by atoms with Crippen molar-refractivity contribution in [3.8, 4) is 0 Å². The third kappa shape index (κ3) is 1.93. The summed E-state index contributed by atoms with van der Waals surface area (Å²) in [5, 5.41) is 2.79. The number of benzene rings is 1. The largest absolute Gasteiger partial charge is 0.326 e. The van der Waals surface area contributed by atoms with E-state index in [1.165, 1.54) is 0 Å². The lowest BCUT2D eigenvalue weighted by atomic mass is 10.1. The van der Waals surface area contributed by atoms with Crippen molar-refractivity contribution in [2.24, 2.45) is 4.99 Å². The maximum atomic E-state index is 11.5. The smallest absolute Gasteiger partial charge is 0.249 e. The Labute approximate surface area is 114 Å². The van der Waals surface area contributed by atoms with E-state index in [-0.39, 0.29) is 24.4 Å². The lowest BCUT2D eigenvalue weighted by Gasteiger charge is -2.26. The zero-order valence-electron chi connectivity index (χ0n) is 9.11. The predicted molar refractivity (Wildman–Crippen MR) is 71.6 cm³/mol. The van der Waals surface area contributed by atoms with Crippen LogP contribution >= 0.6 is 28.3 Å². The lowest BCUT2D eigenvalue weighted by molar-refractivity contribution is -0.121. The maximum Gasteiger partial charge on any atom is 0.249 e. The number of rotatable bonds is 0. The molecule has 0 bridgehead atoms. The molecule has 0 unspecified atom stereocenters. The van der Waals surface area contributed by atoms with Crippen LogP contribution in [0.4, 0.5) is 5.69 Å². The van der Waals surface area contributed by atoms with Crippen LogP contribution in [0.3, 0.4) is 0 Å². The Hall–Kier alpha value is -1.07. The van der Waals surface area contributed by atoms with Gasteiger partial charge in [0.05, 0.1) is 5.69 Å². The summed E-state index contributed by atoms with van der Waals surface area (Å²) in [6.07, 6.45) is 0. The van der Waals surface area contributed by atoms with Crippen LogP contribution in [-0.4, -0.2) is 22.8 Å². The van der Waals surface area contributed by atoms with Crippen LogP contribution in [0.1, 0.15) is 12.5 Å². The van der Waals surface area contributed by atoms with E-state index < -0.39 is 0 Å². The standard InChI is InChI=1S/C11H10BrN3O.ClH/c1-6-10(16)14-11-13-9-3-2-8(12)4-7(9)5-15(6)11;/h2-4,6H,5H2,1H3,(H,13,14,16);1H/t6-;/m1./s1. The van der Waals surface area contributed by atoms with Gasteiger partial charge >= 0.3 is 0 Å². The molecule has 1 aromatic carbocycles. The van der Waals surface area contributed by atoms with E-state index in [0.29, 0.717) is 5.96 Å². The van der Waals surface area contributed by atoms with Gasteiger partial charge in [0.1, 0.15) is 6.04 Å². The molecule has 1 fully saturated rings. The number of amides is 1. The number of carbonyl (C=O) groups is 1. The van der Waals surface area contributed by atoms with E-state index in [1.807, 2.05) is 30.0 Å². The molecule has 1 amide bonds. The Bertz CT molecular complexity index is 517. The number of halogens is 2. The second-order valence-corrected chi connectivity index (χ2v) is 4.92. The van der Waals surface area contributed by atoms with Crippen LogP contribution in [0.5, 0.6) is 0 Å². The first-order chi connectivity index (χ1) is 7.65. The highest BCUT2D eigenvalue weighted by atomic mass is 79.9. The van der Waals surface area contributed by atoms with Crippen molar-refractivity contribution >= 4 is 45.9 Å². The third-order valence-corrected chi connectivity index (χ3v) is 3.46. The Morgan fingerprint density at radius 1 is 1.53 bits per heavy atom. The Balaban J connectivity index is 0.00000108. The first-order valence-corrected chi connectivity index (χ1v) is 5.89. The fourth-order valence-electron chi connectivity index (χ4n) is 2.00. The topological polar surface area (TPSA) is 44.7 Å². The van der Waals surface area contributed by atoms with Crippen LogP contribution in [0.2, 0.25) is 0 Å². The predicted octanol–water partition coefficient (Wildman–Crippen LogP) is 2.19. The molecular formula is C11H11BrClN3O. The minimum atomic E-state index is -0.133. The van der Waals surface area contributed by atoms with E-state index >= 15 is 0 Å². The van der Waals surface area contributed by atoms with E-state index in [1.54, 1.807) is 0 Å². The van der Waals surface area contributed by atoms with Crippen molar-refractivity contribution in [2.45, 2.75) is 19.5 Å². The number of nitrogens with zero attached hydrogens (tertiary/aromatic N) is 2. The van der Waals surface area contributed by atoms with Gasteiger partial charge in [-0.3, -0.25) is 10.1 Å². The van der Waals surface area contributed by atoms with Gasteiger partial charge in [0.15, 0.2) is 0 Å². The second kappa shape index (κ2) is 4.31. The van der Waals surface area contributed by atoms with Crippen LogP contribution in [0, 0.1) is 0 Å². The highest BCUT2D eigenvalue weighted by molar-refractivity contribution is 9.10. The molecule has 90 valence electrons. The zero-order chi connectivity index (χ0) is 11.3. The fraction of sp³-hybridized carbons (Fsp3) is 0.273. The van der Waals surface area contributed by atoms with Crippen LogP contribution in [-0.2, 0) is 11.3 Å². The summed E-state index contributed by atoms with van der Waals surface area (Å²) in [4.78, 5) is 17.9. The van der Waals surface area contributed by atoms with Crippen molar-refractivity contribution in [1.29, 1.82) is 0 Å². The summed E-state index contributed by atoms with van der Waals surface area (Å²) in [5.41, 5.74) is 2.07. The van der Waals surface area contributed by atoms with Crippen LogP contribution in [0.25, 0.3) is 0 Å². The Morgan fingerprint density at radius 3 is 3.06 bits per heavy atom. The van der Waals surface area contributed by atoms with Crippen molar-refractivity contribution < 1.29 is 4.79 Å². The molecule has 1 saturated heterocycles. The molecule has 2 aliphatic heterocycles.